The van der Waals surface area contributed by atoms with Crippen LogP contribution in [0.25, 0.3) is 0 Å². The Bertz CT molecular complexity index is 784. The van der Waals surface area contributed by atoms with E-state index in [9.17, 15) is 20.2 Å². The summed E-state index contributed by atoms with van der Waals surface area (Å²) >= 11 is 0. The van der Waals surface area contributed by atoms with Gasteiger partial charge in [-0.15, -0.1) is 0 Å². The molecule has 0 heterocycles. The molecule has 0 bridgehead atoms. The van der Waals surface area contributed by atoms with Gasteiger partial charge in [0.05, 0.1) is 21.5 Å². The predicted octanol–water partition coefficient (Wildman–Crippen LogP) is 2.81. The largest absolute Gasteiger partial charge is 0.295 e. The van der Waals surface area contributed by atoms with E-state index in [0.717, 1.165) is 6.07 Å². The standard InChI is InChI=1S/C13H9N5O4/c14-8-9-5-6-11(13(7-9)18(21)22)16-15-10-3-1-2-4-12(10)17(19)20/h1-7,15-16H. The third kappa shape index (κ3) is 3.07. The minimum atomic E-state index is -0.649. The average Bonchev–Trinajstić information content (AvgIpc) is 2.52. The van der Waals surface area contributed by atoms with Crippen LogP contribution >= 0.6 is 0 Å². The van der Waals surface area contributed by atoms with Gasteiger partial charge >= 0.3 is 0 Å². The predicted molar refractivity (Wildman–Crippen MR) is 78.2 cm³/mol. The smallest absolute Gasteiger partial charge is 0.294 e. The molecule has 0 aromatic heterocycles. The van der Waals surface area contributed by atoms with Gasteiger partial charge in [-0.25, -0.2) is 0 Å². The zero-order valence-electron chi connectivity index (χ0n) is 11.0. The van der Waals surface area contributed by atoms with Crippen molar-refractivity contribution in [3.63, 3.8) is 0 Å². The molecule has 0 saturated heterocycles. The number of nitro groups is 2. The number of hydrogen-bond donors (Lipinski definition) is 2. The second-order valence-corrected chi connectivity index (χ2v) is 4.13. The molecule has 110 valence electrons. The maximum Gasteiger partial charge on any atom is 0.295 e. The molecule has 2 aromatic rings. The van der Waals surface area contributed by atoms with E-state index in [1.807, 2.05) is 0 Å². The quantitative estimate of drug-likeness (QED) is 0.640. The van der Waals surface area contributed by atoms with Gasteiger partial charge in [0.1, 0.15) is 11.4 Å². The molecule has 0 amide bonds. The summed E-state index contributed by atoms with van der Waals surface area (Å²) in [5.74, 6) is 0. The lowest BCUT2D eigenvalue weighted by atomic mass is 10.2. The van der Waals surface area contributed by atoms with E-state index in [-0.39, 0.29) is 28.3 Å². The monoisotopic (exact) mass is 299 g/mol. The van der Waals surface area contributed by atoms with Crippen molar-refractivity contribution in [2.75, 3.05) is 10.9 Å². The van der Waals surface area contributed by atoms with E-state index >= 15 is 0 Å². The highest BCUT2D eigenvalue weighted by Crippen LogP contribution is 2.27. The van der Waals surface area contributed by atoms with Gasteiger partial charge in [-0.3, -0.25) is 31.1 Å². The Morgan fingerprint density at radius 3 is 2.09 bits per heavy atom. The summed E-state index contributed by atoms with van der Waals surface area (Å²) < 4.78 is 0. The SMILES string of the molecule is N#Cc1ccc(NNc2ccccc2[N+](=O)[O-])c([N+](=O)[O-])c1. The van der Waals surface area contributed by atoms with Gasteiger partial charge in [0.15, 0.2) is 0 Å². The van der Waals surface area contributed by atoms with Crippen LogP contribution < -0.4 is 10.9 Å². The van der Waals surface area contributed by atoms with Crippen molar-refractivity contribution in [2.24, 2.45) is 0 Å². The number of hydrogen-bond acceptors (Lipinski definition) is 7. The van der Waals surface area contributed by atoms with Crippen LogP contribution in [0, 0.1) is 31.6 Å². The fraction of sp³-hybridized carbons (Fsp3) is 0. The van der Waals surface area contributed by atoms with Crippen molar-refractivity contribution in [2.45, 2.75) is 0 Å². The number of nitrogens with one attached hydrogen (secondary N) is 2. The Morgan fingerprint density at radius 1 is 0.909 bits per heavy atom. The summed E-state index contributed by atoms with van der Waals surface area (Å²) in [6, 6.07) is 11.5. The van der Waals surface area contributed by atoms with Crippen LogP contribution in [0.1, 0.15) is 5.56 Å². The molecule has 0 fully saturated rings. The Kier molecular flexibility index (Phi) is 4.14. The molecule has 9 nitrogen and oxygen atoms in total. The molecule has 9 heteroatoms. The minimum absolute atomic E-state index is 0.0853. The fourth-order valence-corrected chi connectivity index (χ4v) is 1.73. The van der Waals surface area contributed by atoms with Crippen molar-refractivity contribution in [1.29, 1.82) is 5.26 Å². The number of nitrogens with zero attached hydrogens (tertiary/aromatic N) is 3. The molecule has 0 aliphatic heterocycles. The molecule has 0 aliphatic rings. The molecule has 0 radical (unpaired) electrons. The zero-order chi connectivity index (χ0) is 16.1. The topological polar surface area (TPSA) is 134 Å². The Balaban J connectivity index is 2.28. The lowest BCUT2D eigenvalue weighted by Crippen LogP contribution is -2.11. The summed E-state index contributed by atoms with van der Waals surface area (Å²) in [5.41, 5.74) is 5.01. The minimum Gasteiger partial charge on any atom is -0.294 e. The van der Waals surface area contributed by atoms with Crippen molar-refractivity contribution < 1.29 is 9.85 Å². The second-order valence-electron chi connectivity index (χ2n) is 4.13. The third-order valence-corrected chi connectivity index (χ3v) is 2.76. The van der Waals surface area contributed by atoms with Crippen LogP contribution in [-0.2, 0) is 0 Å². The molecule has 22 heavy (non-hydrogen) atoms. The van der Waals surface area contributed by atoms with Crippen LogP contribution in [-0.4, -0.2) is 9.85 Å². The molecule has 0 saturated carbocycles. The first-order chi connectivity index (χ1) is 10.5. The van der Waals surface area contributed by atoms with Crippen LogP contribution in [0.2, 0.25) is 0 Å². The van der Waals surface area contributed by atoms with Gasteiger partial charge in [-0.05, 0) is 18.2 Å². The van der Waals surface area contributed by atoms with Crippen molar-refractivity contribution >= 4 is 22.7 Å². The zero-order valence-corrected chi connectivity index (χ0v) is 11.0. The first-order valence-corrected chi connectivity index (χ1v) is 5.97. The summed E-state index contributed by atoms with van der Waals surface area (Å²) in [4.78, 5) is 20.7. The fourth-order valence-electron chi connectivity index (χ4n) is 1.73. The van der Waals surface area contributed by atoms with E-state index in [0.29, 0.717) is 0 Å². The van der Waals surface area contributed by atoms with E-state index in [2.05, 4.69) is 10.9 Å². The first-order valence-electron chi connectivity index (χ1n) is 5.97. The molecule has 2 aromatic carbocycles. The van der Waals surface area contributed by atoms with E-state index < -0.39 is 9.85 Å². The lowest BCUT2D eigenvalue weighted by Gasteiger charge is -2.10. The van der Waals surface area contributed by atoms with Crippen molar-refractivity contribution in [3.05, 3.63) is 68.3 Å². The third-order valence-electron chi connectivity index (χ3n) is 2.76. The average molecular weight is 299 g/mol. The van der Waals surface area contributed by atoms with E-state index in [4.69, 9.17) is 5.26 Å². The summed E-state index contributed by atoms with van der Waals surface area (Å²) in [7, 11) is 0. The molecular formula is C13H9N5O4. The highest BCUT2D eigenvalue weighted by atomic mass is 16.6. The van der Waals surface area contributed by atoms with E-state index in [1.54, 1.807) is 12.1 Å². The van der Waals surface area contributed by atoms with E-state index in [1.165, 1.54) is 30.3 Å². The van der Waals surface area contributed by atoms with Crippen molar-refractivity contribution in [1.82, 2.24) is 0 Å². The number of nitro benzene ring substituents is 2. The Hall–Kier alpha value is -3.67. The molecule has 0 aliphatic carbocycles. The van der Waals surface area contributed by atoms with Crippen LogP contribution in [0.3, 0.4) is 0 Å². The number of para-hydroxylation sites is 2. The summed E-state index contributed by atoms with van der Waals surface area (Å²) in [5, 5.41) is 30.6. The number of rotatable bonds is 5. The van der Waals surface area contributed by atoms with Gasteiger partial charge < -0.3 is 0 Å². The van der Waals surface area contributed by atoms with Gasteiger partial charge in [0.25, 0.3) is 11.4 Å². The highest BCUT2D eigenvalue weighted by molar-refractivity contribution is 5.69. The van der Waals surface area contributed by atoms with Gasteiger partial charge in [0.2, 0.25) is 0 Å². The number of anilines is 2. The molecule has 2 N–H and O–H groups in total. The lowest BCUT2D eigenvalue weighted by molar-refractivity contribution is -0.384. The molecule has 0 unspecified atom stereocenters. The highest BCUT2D eigenvalue weighted by Gasteiger charge is 2.16. The molecule has 0 spiro atoms. The Morgan fingerprint density at radius 2 is 1.50 bits per heavy atom. The first kappa shape index (κ1) is 14.7. The molecule has 0 atom stereocenters. The number of nitriles is 1. The van der Waals surface area contributed by atoms with Gasteiger partial charge in [-0.1, -0.05) is 12.1 Å². The maximum absolute atomic E-state index is 11.0. The molecule has 2 rings (SSSR count). The van der Waals surface area contributed by atoms with Crippen LogP contribution in [0.4, 0.5) is 22.7 Å². The van der Waals surface area contributed by atoms with Crippen molar-refractivity contribution in [3.8, 4) is 6.07 Å². The van der Waals surface area contributed by atoms with Gasteiger partial charge in [0, 0.05) is 12.1 Å². The number of hydrazine groups is 1. The summed E-state index contributed by atoms with van der Waals surface area (Å²) in [6.45, 7) is 0. The second kappa shape index (κ2) is 6.19. The summed E-state index contributed by atoms with van der Waals surface area (Å²) in [6.07, 6.45) is 0. The van der Waals surface area contributed by atoms with Crippen LogP contribution in [0.15, 0.2) is 42.5 Å². The van der Waals surface area contributed by atoms with Gasteiger partial charge in [-0.2, -0.15) is 5.26 Å². The molecular weight excluding hydrogens is 290 g/mol. The Labute approximate surface area is 124 Å². The maximum atomic E-state index is 11.0. The number of benzene rings is 2. The van der Waals surface area contributed by atoms with Crippen LogP contribution in [0.5, 0.6) is 0 Å². The normalized spacial score (nSPS) is 9.59.